The number of anilines is 2. The molecule has 0 unspecified atom stereocenters. The van der Waals surface area contributed by atoms with E-state index in [0.717, 1.165) is 5.56 Å². The lowest BCUT2D eigenvalue weighted by atomic mass is 10.2. The number of hydrogen-bond acceptors (Lipinski definition) is 1. The number of aryl methyl sites for hydroxylation is 1. The maximum absolute atomic E-state index is 13.4. The first kappa shape index (κ1) is 13.4. The predicted molar refractivity (Wildman–Crippen MR) is 75.2 cm³/mol. The zero-order chi connectivity index (χ0) is 13.8. The molecule has 2 amide bonds. The number of amides is 2. The van der Waals surface area contributed by atoms with Gasteiger partial charge in [-0.05, 0) is 42.8 Å². The second kappa shape index (κ2) is 5.71. The highest BCUT2D eigenvalue weighted by Crippen LogP contribution is 2.20. The molecule has 2 aromatic rings. The maximum Gasteiger partial charge on any atom is 0.323 e. The molecule has 0 bridgehead atoms. The van der Waals surface area contributed by atoms with Gasteiger partial charge in [-0.3, -0.25) is 0 Å². The Morgan fingerprint density at radius 1 is 1.11 bits per heavy atom. The van der Waals surface area contributed by atoms with Gasteiger partial charge in [0.25, 0.3) is 0 Å². The van der Waals surface area contributed by atoms with E-state index in [9.17, 15) is 9.18 Å². The second-order valence-electron chi connectivity index (χ2n) is 4.02. The largest absolute Gasteiger partial charge is 0.323 e. The van der Waals surface area contributed by atoms with Crippen LogP contribution in [-0.4, -0.2) is 6.03 Å². The normalized spacial score (nSPS) is 10.1. The highest BCUT2D eigenvalue weighted by Gasteiger charge is 2.07. The van der Waals surface area contributed by atoms with E-state index in [-0.39, 0.29) is 5.69 Å². The van der Waals surface area contributed by atoms with Crippen LogP contribution in [0.3, 0.4) is 0 Å². The third kappa shape index (κ3) is 3.45. The summed E-state index contributed by atoms with van der Waals surface area (Å²) < 4.78 is 13.4. The Bertz CT molecular complexity index is 616. The number of rotatable bonds is 2. The average molecular weight is 279 g/mol. The number of carbonyl (C=O) groups is 1. The molecule has 3 nitrogen and oxygen atoms in total. The Morgan fingerprint density at radius 3 is 2.47 bits per heavy atom. The highest BCUT2D eigenvalue weighted by molar-refractivity contribution is 6.30. The van der Waals surface area contributed by atoms with Gasteiger partial charge in [0.05, 0.1) is 5.69 Å². The summed E-state index contributed by atoms with van der Waals surface area (Å²) in [5.41, 5.74) is 1.58. The summed E-state index contributed by atoms with van der Waals surface area (Å²) in [6, 6.07) is 10.6. The first-order valence-corrected chi connectivity index (χ1v) is 6.03. The van der Waals surface area contributed by atoms with Crippen molar-refractivity contribution in [2.75, 3.05) is 10.6 Å². The first-order valence-electron chi connectivity index (χ1n) is 5.65. The second-order valence-corrected chi connectivity index (χ2v) is 4.45. The molecule has 19 heavy (non-hydrogen) atoms. The van der Waals surface area contributed by atoms with E-state index in [4.69, 9.17) is 11.6 Å². The van der Waals surface area contributed by atoms with Crippen LogP contribution in [0.25, 0.3) is 0 Å². The first-order chi connectivity index (χ1) is 9.06. The van der Waals surface area contributed by atoms with Crippen LogP contribution in [0.5, 0.6) is 0 Å². The molecule has 0 fully saturated rings. The van der Waals surface area contributed by atoms with Crippen LogP contribution in [0.4, 0.5) is 20.6 Å². The van der Waals surface area contributed by atoms with Crippen LogP contribution in [0, 0.1) is 12.7 Å². The molecule has 2 rings (SSSR count). The van der Waals surface area contributed by atoms with Crippen molar-refractivity contribution in [2.24, 2.45) is 0 Å². The molecular weight excluding hydrogens is 267 g/mol. The lowest BCUT2D eigenvalue weighted by Gasteiger charge is -2.10. The summed E-state index contributed by atoms with van der Waals surface area (Å²) in [6.45, 7) is 1.82. The maximum atomic E-state index is 13.4. The Balaban J connectivity index is 2.08. The summed E-state index contributed by atoms with van der Waals surface area (Å²) in [5.74, 6) is -0.481. The third-order valence-electron chi connectivity index (χ3n) is 2.56. The van der Waals surface area contributed by atoms with Gasteiger partial charge in [0.1, 0.15) is 5.82 Å². The Hall–Kier alpha value is -2.07. The van der Waals surface area contributed by atoms with Gasteiger partial charge >= 0.3 is 6.03 Å². The molecule has 2 aromatic carbocycles. The quantitative estimate of drug-likeness (QED) is 0.838. The number of hydrogen-bond donors (Lipinski definition) is 2. The lowest BCUT2D eigenvalue weighted by Crippen LogP contribution is -2.20. The van der Waals surface area contributed by atoms with E-state index < -0.39 is 11.8 Å². The van der Waals surface area contributed by atoms with Crippen molar-refractivity contribution in [1.29, 1.82) is 0 Å². The number of urea groups is 1. The fraction of sp³-hybridized carbons (Fsp3) is 0.0714. The van der Waals surface area contributed by atoms with Gasteiger partial charge in [-0.2, -0.15) is 0 Å². The van der Waals surface area contributed by atoms with Crippen LogP contribution in [0.15, 0.2) is 42.5 Å². The summed E-state index contributed by atoms with van der Waals surface area (Å²) in [6.07, 6.45) is 0. The molecule has 0 saturated heterocycles. The number of halogens is 2. The van der Waals surface area contributed by atoms with E-state index in [2.05, 4.69) is 10.6 Å². The number of benzene rings is 2. The van der Waals surface area contributed by atoms with Crippen LogP contribution < -0.4 is 10.6 Å². The van der Waals surface area contributed by atoms with Gasteiger partial charge in [-0.25, -0.2) is 9.18 Å². The van der Waals surface area contributed by atoms with Crippen molar-refractivity contribution in [3.8, 4) is 0 Å². The van der Waals surface area contributed by atoms with Crippen LogP contribution in [0.2, 0.25) is 5.02 Å². The Morgan fingerprint density at radius 2 is 1.79 bits per heavy atom. The minimum absolute atomic E-state index is 0.131. The minimum atomic E-state index is -0.504. The topological polar surface area (TPSA) is 41.1 Å². The number of para-hydroxylation sites is 1. The van der Waals surface area contributed by atoms with Crippen molar-refractivity contribution in [3.05, 3.63) is 58.9 Å². The summed E-state index contributed by atoms with van der Waals surface area (Å²) in [5, 5.41) is 5.68. The third-order valence-corrected chi connectivity index (χ3v) is 2.79. The highest BCUT2D eigenvalue weighted by atomic mass is 35.5. The van der Waals surface area contributed by atoms with Crippen molar-refractivity contribution in [1.82, 2.24) is 0 Å². The molecule has 0 aliphatic heterocycles. The van der Waals surface area contributed by atoms with Crippen molar-refractivity contribution in [3.63, 3.8) is 0 Å². The molecular formula is C14H12ClFN2O. The van der Waals surface area contributed by atoms with E-state index in [0.29, 0.717) is 10.7 Å². The standard InChI is InChI=1S/C14H12ClFN2O/c1-9-8-10(15)6-7-12(9)17-14(19)18-13-5-3-2-4-11(13)16/h2-8H,1H3,(H2,17,18,19). The molecule has 0 aromatic heterocycles. The average Bonchev–Trinajstić information content (AvgIpc) is 2.36. The van der Waals surface area contributed by atoms with Gasteiger partial charge < -0.3 is 10.6 Å². The molecule has 5 heteroatoms. The van der Waals surface area contributed by atoms with Gasteiger partial charge in [0.2, 0.25) is 0 Å². The van der Waals surface area contributed by atoms with E-state index in [1.807, 2.05) is 6.92 Å². The Labute approximate surface area is 115 Å². The van der Waals surface area contributed by atoms with Crippen molar-refractivity contribution < 1.29 is 9.18 Å². The zero-order valence-electron chi connectivity index (χ0n) is 10.2. The molecule has 0 radical (unpaired) electrons. The van der Waals surface area contributed by atoms with Gasteiger partial charge in [0.15, 0.2) is 0 Å². The van der Waals surface area contributed by atoms with Gasteiger partial charge in [-0.15, -0.1) is 0 Å². The molecule has 2 N–H and O–H groups in total. The van der Waals surface area contributed by atoms with E-state index in [1.165, 1.54) is 12.1 Å². The summed E-state index contributed by atoms with van der Waals surface area (Å²) in [4.78, 5) is 11.7. The zero-order valence-corrected chi connectivity index (χ0v) is 11.0. The molecule has 98 valence electrons. The number of carbonyl (C=O) groups excluding carboxylic acids is 1. The monoisotopic (exact) mass is 278 g/mol. The van der Waals surface area contributed by atoms with E-state index in [1.54, 1.807) is 30.3 Å². The predicted octanol–water partition coefficient (Wildman–Crippen LogP) is 4.43. The molecule has 0 aliphatic carbocycles. The SMILES string of the molecule is Cc1cc(Cl)ccc1NC(=O)Nc1ccccc1F. The molecule has 0 heterocycles. The molecule has 0 spiro atoms. The van der Waals surface area contributed by atoms with Gasteiger partial charge in [-0.1, -0.05) is 23.7 Å². The fourth-order valence-corrected chi connectivity index (χ4v) is 1.83. The van der Waals surface area contributed by atoms with Gasteiger partial charge in [0, 0.05) is 10.7 Å². The summed E-state index contributed by atoms with van der Waals surface area (Å²) >= 11 is 5.83. The Kier molecular flexibility index (Phi) is 4.02. The van der Waals surface area contributed by atoms with E-state index >= 15 is 0 Å². The minimum Gasteiger partial charge on any atom is -0.307 e. The van der Waals surface area contributed by atoms with Crippen LogP contribution >= 0.6 is 11.6 Å². The lowest BCUT2D eigenvalue weighted by molar-refractivity contribution is 0.262. The molecule has 0 atom stereocenters. The van der Waals surface area contributed by atoms with Crippen LogP contribution in [-0.2, 0) is 0 Å². The fourth-order valence-electron chi connectivity index (χ4n) is 1.61. The van der Waals surface area contributed by atoms with Crippen molar-refractivity contribution >= 4 is 29.0 Å². The summed E-state index contributed by atoms with van der Waals surface area (Å²) in [7, 11) is 0. The van der Waals surface area contributed by atoms with Crippen LogP contribution in [0.1, 0.15) is 5.56 Å². The molecule has 0 saturated carbocycles. The number of nitrogens with one attached hydrogen (secondary N) is 2. The molecule has 0 aliphatic rings. The smallest absolute Gasteiger partial charge is 0.307 e. The van der Waals surface area contributed by atoms with Crippen molar-refractivity contribution in [2.45, 2.75) is 6.92 Å².